The first-order chi connectivity index (χ1) is 19.3. The molecular weight excluding hydrogens is 566 g/mol. The maximum Gasteiger partial charge on any atom is 0.490 e. The fourth-order valence-electron chi connectivity index (χ4n) is 3.62. The summed E-state index contributed by atoms with van der Waals surface area (Å²) in [6.07, 6.45) is 2.72. The highest BCUT2D eigenvalue weighted by Gasteiger charge is 2.38. The quantitative estimate of drug-likeness (QED) is 0.337. The van der Waals surface area contributed by atoms with Gasteiger partial charge in [-0.2, -0.15) is 26.3 Å². The van der Waals surface area contributed by atoms with E-state index in [2.05, 4.69) is 29.2 Å². The molecule has 0 atom stereocenters. The predicted octanol–water partition coefficient (Wildman–Crippen LogP) is 3.97. The van der Waals surface area contributed by atoms with Crippen LogP contribution in [0.5, 0.6) is 0 Å². The summed E-state index contributed by atoms with van der Waals surface area (Å²) in [7, 11) is 0. The van der Waals surface area contributed by atoms with Gasteiger partial charge in [-0.3, -0.25) is 14.3 Å². The Labute approximate surface area is 227 Å². The molecule has 17 heteroatoms. The number of nitrogens with zero attached hydrogens (tertiary/aromatic N) is 6. The molecule has 0 unspecified atom stereocenters. The Kier molecular flexibility index (Phi) is 9.88. The lowest BCUT2D eigenvalue weighted by Gasteiger charge is -2.35. The molecule has 0 saturated carbocycles. The van der Waals surface area contributed by atoms with E-state index in [1.807, 2.05) is 43.1 Å². The maximum absolute atomic E-state index is 10.6. The number of carboxylic acid groups (broad SMARTS) is 2. The number of pyridine rings is 1. The molecule has 1 aliphatic rings. The molecule has 1 fully saturated rings. The zero-order valence-electron chi connectivity index (χ0n) is 20.9. The molecule has 4 aromatic rings. The lowest BCUT2D eigenvalue weighted by Crippen LogP contribution is -2.46. The maximum atomic E-state index is 10.6. The van der Waals surface area contributed by atoms with Gasteiger partial charge in [-0.05, 0) is 18.2 Å². The number of halogens is 6. The van der Waals surface area contributed by atoms with Crippen LogP contribution in [0.25, 0.3) is 16.9 Å². The molecule has 0 amide bonds. The Morgan fingerprint density at radius 2 is 1.46 bits per heavy atom. The van der Waals surface area contributed by atoms with E-state index in [4.69, 9.17) is 24.2 Å². The number of hydrogen-bond donors (Lipinski definition) is 2. The second kappa shape index (κ2) is 13.1. The second-order valence-corrected chi connectivity index (χ2v) is 8.32. The summed E-state index contributed by atoms with van der Waals surface area (Å²) in [6.45, 7) is 4.78. The number of anilines is 1. The number of furan rings is 1. The Morgan fingerprint density at radius 1 is 0.878 bits per heavy atom. The van der Waals surface area contributed by atoms with E-state index in [9.17, 15) is 26.3 Å². The summed E-state index contributed by atoms with van der Waals surface area (Å²) in [6, 6.07) is 6.02. The van der Waals surface area contributed by atoms with Gasteiger partial charge in [0.1, 0.15) is 0 Å². The Balaban J connectivity index is 0.000000276. The van der Waals surface area contributed by atoms with E-state index >= 15 is 0 Å². The number of carboxylic acids is 2. The van der Waals surface area contributed by atoms with E-state index in [1.165, 1.54) is 5.56 Å². The Hall–Kier alpha value is -4.67. The standard InChI is InChI=1S/C20H20N6O.2C2HF3O2/c1-4-21-5-2-17(1)18-13-23-20-19(22-6-7-26(18)20)25-10-8-24(9-11-25)14-16-3-12-27-15-16;2*3-2(4,5)1(6)7/h1-7,12-13,15H,8-11,14H2;2*(H,6,7). The third kappa shape index (κ3) is 8.66. The summed E-state index contributed by atoms with van der Waals surface area (Å²) < 4.78 is 70.8. The first-order valence-electron chi connectivity index (χ1n) is 11.6. The topological polar surface area (TPSA) is 137 Å². The summed E-state index contributed by atoms with van der Waals surface area (Å²) >= 11 is 0. The van der Waals surface area contributed by atoms with Crippen molar-refractivity contribution in [2.45, 2.75) is 18.9 Å². The fraction of sp³-hybridized carbons (Fsp3) is 0.292. The van der Waals surface area contributed by atoms with E-state index in [0.717, 1.165) is 55.4 Å². The van der Waals surface area contributed by atoms with Crippen molar-refractivity contribution in [1.82, 2.24) is 24.3 Å². The van der Waals surface area contributed by atoms with Crippen LogP contribution in [0.3, 0.4) is 0 Å². The molecule has 0 aromatic carbocycles. The molecule has 41 heavy (non-hydrogen) atoms. The van der Waals surface area contributed by atoms with Gasteiger partial charge in [-0.15, -0.1) is 0 Å². The van der Waals surface area contributed by atoms with Crippen LogP contribution < -0.4 is 4.90 Å². The van der Waals surface area contributed by atoms with Gasteiger partial charge in [0, 0.05) is 68.6 Å². The minimum Gasteiger partial charge on any atom is -0.475 e. The number of hydrogen-bond acceptors (Lipinski definition) is 8. The van der Waals surface area contributed by atoms with Gasteiger partial charge < -0.3 is 19.5 Å². The van der Waals surface area contributed by atoms with Crippen molar-refractivity contribution < 1.29 is 50.6 Å². The van der Waals surface area contributed by atoms with E-state index in [0.29, 0.717) is 0 Å². The average molecular weight is 588 g/mol. The summed E-state index contributed by atoms with van der Waals surface area (Å²) in [5, 5.41) is 14.2. The highest BCUT2D eigenvalue weighted by molar-refractivity contribution is 5.73. The number of fused-ring (bicyclic) bond motifs is 1. The van der Waals surface area contributed by atoms with Crippen LogP contribution in [0.2, 0.25) is 0 Å². The van der Waals surface area contributed by atoms with Gasteiger partial charge in [0.25, 0.3) is 0 Å². The number of aromatic nitrogens is 4. The van der Waals surface area contributed by atoms with Crippen molar-refractivity contribution >= 4 is 23.4 Å². The first-order valence-corrected chi connectivity index (χ1v) is 11.6. The third-order valence-corrected chi connectivity index (χ3v) is 5.53. The van der Waals surface area contributed by atoms with Gasteiger partial charge in [0.2, 0.25) is 0 Å². The largest absolute Gasteiger partial charge is 0.490 e. The number of alkyl halides is 6. The van der Waals surface area contributed by atoms with Gasteiger partial charge in [-0.1, -0.05) is 0 Å². The first kappa shape index (κ1) is 30.9. The normalized spacial score (nSPS) is 14.0. The molecule has 0 spiro atoms. The van der Waals surface area contributed by atoms with Crippen LogP contribution in [0.4, 0.5) is 32.2 Å². The molecule has 5 heterocycles. The summed E-state index contributed by atoms with van der Waals surface area (Å²) in [5.74, 6) is -4.57. The van der Waals surface area contributed by atoms with Gasteiger partial charge >= 0.3 is 24.3 Å². The summed E-state index contributed by atoms with van der Waals surface area (Å²) in [4.78, 5) is 36.0. The van der Waals surface area contributed by atoms with Gasteiger partial charge in [0.05, 0.1) is 24.4 Å². The highest BCUT2D eigenvalue weighted by atomic mass is 19.4. The molecule has 2 N–H and O–H groups in total. The van der Waals surface area contributed by atoms with Crippen LogP contribution in [0.1, 0.15) is 5.56 Å². The van der Waals surface area contributed by atoms with Crippen molar-refractivity contribution in [3.8, 4) is 11.3 Å². The monoisotopic (exact) mass is 588 g/mol. The lowest BCUT2D eigenvalue weighted by molar-refractivity contribution is -0.193. The molecule has 220 valence electrons. The SMILES string of the molecule is O=C(O)C(F)(F)F.O=C(O)C(F)(F)F.c1cc(-c2cnc3c(N4CCN(Cc5ccoc5)CC4)nccn23)ccn1. The smallest absolute Gasteiger partial charge is 0.475 e. The minimum absolute atomic E-state index is 0.896. The molecule has 0 bridgehead atoms. The molecule has 1 aliphatic heterocycles. The number of carbonyl (C=O) groups is 2. The highest BCUT2D eigenvalue weighted by Crippen LogP contribution is 2.25. The van der Waals surface area contributed by atoms with E-state index in [-0.39, 0.29) is 0 Å². The van der Waals surface area contributed by atoms with Crippen LogP contribution in [-0.2, 0) is 16.1 Å². The van der Waals surface area contributed by atoms with Gasteiger partial charge in [-0.25, -0.2) is 19.6 Å². The van der Waals surface area contributed by atoms with Gasteiger partial charge in [0.15, 0.2) is 11.5 Å². The van der Waals surface area contributed by atoms with Crippen molar-refractivity contribution in [1.29, 1.82) is 0 Å². The average Bonchev–Trinajstić information content (AvgIpc) is 3.59. The molecule has 0 aliphatic carbocycles. The van der Waals surface area contributed by atoms with E-state index in [1.54, 1.807) is 18.7 Å². The predicted molar refractivity (Wildman–Crippen MR) is 130 cm³/mol. The minimum atomic E-state index is -5.08. The molecule has 1 saturated heterocycles. The Morgan fingerprint density at radius 3 is 1.98 bits per heavy atom. The summed E-state index contributed by atoms with van der Waals surface area (Å²) in [5.41, 5.74) is 4.26. The van der Waals surface area contributed by atoms with E-state index < -0.39 is 24.3 Å². The van der Waals surface area contributed by atoms with Crippen molar-refractivity contribution in [2.24, 2.45) is 0 Å². The molecular formula is C24H22F6N6O5. The number of rotatable bonds is 4. The zero-order chi connectivity index (χ0) is 30.2. The van der Waals surface area contributed by atoms with Crippen LogP contribution in [0.15, 0.2) is 66.1 Å². The molecule has 11 nitrogen and oxygen atoms in total. The number of imidazole rings is 1. The van der Waals surface area contributed by atoms with Crippen molar-refractivity contribution in [3.63, 3.8) is 0 Å². The van der Waals surface area contributed by atoms with Crippen molar-refractivity contribution in [3.05, 3.63) is 67.3 Å². The number of aliphatic carboxylic acids is 2. The number of piperazine rings is 1. The Bertz CT molecular complexity index is 1390. The van der Waals surface area contributed by atoms with Crippen LogP contribution in [-0.4, -0.2) is 84.9 Å². The van der Waals surface area contributed by atoms with Crippen LogP contribution >= 0.6 is 0 Å². The molecule has 5 rings (SSSR count). The third-order valence-electron chi connectivity index (χ3n) is 5.53. The fourth-order valence-corrected chi connectivity index (χ4v) is 3.62. The van der Waals surface area contributed by atoms with Crippen LogP contribution in [0, 0.1) is 0 Å². The molecule has 0 radical (unpaired) electrons. The second-order valence-electron chi connectivity index (χ2n) is 8.32. The lowest BCUT2D eigenvalue weighted by atomic mass is 10.2. The zero-order valence-corrected chi connectivity index (χ0v) is 20.9. The molecule has 4 aromatic heterocycles. The van der Waals surface area contributed by atoms with Crippen molar-refractivity contribution in [2.75, 3.05) is 31.1 Å².